The molecular formula is C15H13ClN2O3S2. The minimum absolute atomic E-state index is 0.165. The highest BCUT2D eigenvalue weighted by molar-refractivity contribution is 7.91. The fourth-order valence-electron chi connectivity index (χ4n) is 2.47. The van der Waals surface area contributed by atoms with Crippen LogP contribution >= 0.6 is 22.9 Å². The molecule has 1 N–H and O–H groups in total. The van der Waals surface area contributed by atoms with Gasteiger partial charge < -0.3 is 4.90 Å². The summed E-state index contributed by atoms with van der Waals surface area (Å²) in [5.74, 6) is 2.11. The maximum absolute atomic E-state index is 12.5. The lowest BCUT2D eigenvalue weighted by atomic mass is 10.3. The third-order valence-corrected chi connectivity index (χ3v) is 6.88. The van der Waals surface area contributed by atoms with Crippen LogP contribution in [0.25, 0.3) is 10.1 Å². The molecule has 120 valence electrons. The number of sulfonamides is 1. The fourth-order valence-corrected chi connectivity index (χ4v) is 5.39. The van der Waals surface area contributed by atoms with Crippen LogP contribution in [-0.4, -0.2) is 38.4 Å². The van der Waals surface area contributed by atoms with E-state index in [0.29, 0.717) is 18.0 Å². The Hall–Kier alpha value is -1.59. The molecule has 2 aromatic rings. The van der Waals surface area contributed by atoms with Gasteiger partial charge in [0, 0.05) is 16.3 Å². The van der Waals surface area contributed by atoms with E-state index in [-0.39, 0.29) is 16.7 Å². The van der Waals surface area contributed by atoms with E-state index in [1.165, 1.54) is 4.90 Å². The Morgan fingerprint density at radius 2 is 2.22 bits per heavy atom. The van der Waals surface area contributed by atoms with Crippen molar-refractivity contribution in [3.8, 4) is 12.3 Å². The van der Waals surface area contributed by atoms with Gasteiger partial charge in [0.25, 0.3) is 10.0 Å². The predicted octanol–water partition coefficient (Wildman–Crippen LogP) is 2.07. The minimum atomic E-state index is -3.76. The molecule has 0 radical (unpaired) electrons. The second kappa shape index (κ2) is 6.13. The van der Waals surface area contributed by atoms with Crippen molar-refractivity contribution >= 4 is 49.0 Å². The predicted molar refractivity (Wildman–Crippen MR) is 91.0 cm³/mol. The van der Waals surface area contributed by atoms with Gasteiger partial charge in [-0.15, -0.1) is 17.8 Å². The molecule has 1 aromatic heterocycles. The number of halogens is 1. The first kappa shape index (κ1) is 16.3. The van der Waals surface area contributed by atoms with E-state index in [1.54, 1.807) is 24.3 Å². The zero-order valence-corrected chi connectivity index (χ0v) is 14.3. The highest BCUT2D eigenvalue weighted by Gasteiger charge is 2.34. The molecule has 3 rings (SSSR count). The Bertz CT molecular complexity index is 914. The first-order valence-electron chi connectivity index (χ1n) is 6.84. The van der Waals surface area contributed by atoms with Crippen molar-refractivity contribution in [1.82, 2.24) is 9.62 Å². The first-order valence-corrected chi connectivity index (χ1v) is 9.52. The van der Waals surface area contributed by atoms with Gasteiger partial charge in [-0.25, -0.2) is 8.42 Å². The summed E-state index contributed by atoms with van der Waals surface area (Å²) in [4.78, 5) is 13.6. The average molecular weight is 369 g/mol. The molecule has 1 aliphatic rings. The van der Waals surface area contributed by atoms with Crippen molar-refractivity contribution in [2.24, 2.45) is 0 Å². The molecule has 5 nitrogen and oxygen atoms in total. The third-order valence-electron chi connectivity index (χ3n) is 3.60. The van der Waals surface area contributed by atoms with Crippen LogP contribution in [0.1, 0.15) is 6.42 Å². The number of nitrogens with one attached hydrogen (secondary N) is 1. The molecule has 23 heavy (non-hydrogen) atoms. The van der Waals surface area contributed by atoms with Gasteiger partial charge in [0.15, 0.2) is 0 Å². The number of hydrogen-bond donors (Lipinski definition) is 1. The van der Waals surface area contributed by atoms with E-state index in [4.69, 9.17) is 18.0 Å². The molecule has 8 heteroatoms. The summed E-state index contributed by atoms with van der Waals surface area (Å²) in [7, 11) is -3.76. The van der Waals surface area contributed by atoms with Gasteiger partial charge in [0.05, 0.1) is 6.54 Å². The number of fused-ring (bicyclic) bond motifs is 1. The lowest BCUT2D eigenvalue weighted by molar-refractivity contribution is -0.128. The van der Waals surface area contributed by atoms with Gasteiger partial charge in [-0.2, -0.15) is 4.72 Å². The molecule has 0 unspecified atom stereocenters. The zero-order chi connectivity index (χ0) is 16.6. The van der Waals surface area contributed by atoms with E-state index in [9.17, 15) is 13.2 Å². The Balaban J connectivity index is 1.84. The van der Waals surface area contributed by atoms with Gasteiger partial charge in [-0.1, -0.05) is 23.6 Å². The smallest absolute Gasteiger partial charge is 0.250 e. The van der Waals surface area contributed by atoms with Crippen LogP contribution in [0.4, 0.5) is 0 Å². The summed E-state index contributed by atoms with van der Waals surface area (Å²) in [6, 6.07) is 6.01. The third kappa shape index (κ3) is 3.21. The summed E-state index contributed by atoms with van der Waals surface area (Å²) in [5, 5.41) is 1.35. The van der Waals surface area contributed by atoms with Crippen LogP contribution in [0.3, 0.4) is 0 Å². The van der Waals surface area contributed by atoms with Crippen molar-refractivity contribution in [3.05, 3.63) is 29.3 Å². The minimum Gasteiger partial charge on any atom is -0.330 e. The van der Waals surface area contributed by atoms with E-state index >= 15 is 0 Å². The summed E-state index contributed by atoms with van der Waals surface area (Å²) in [6.45, 7) is 0.649. The van der Waals surface area contributed by atoms with Crippen LogP contribution in [0.2, 0.25) is 5.02 Å². The van der Waals surface area contributed by atoms with Crippen LogP contribution < -0.4 is 4.72 Å². The van der Waals surface area contributed by atoms with Crippen molar-refractivity contribution < 1.29 is 13.2 Å². The standard InChI is InChI=1S/C15H13ClN2O3S2/c1-2-6-18-7-5-12(15(18)19)17-23(20,21)14-8-10-3-4-11(16)9-13(10)22-14/h1,3-4,8-9,12,17H,5-7H2/t12-/m0/s1. The lowest BCUT2D eigenvalue weighted by Crippen LogP contribution is -2.41. The molecule has 0 spiro atoms. The number of carbonyl (C=O) groups is 1. The Morgan fingerprint density at radius 1 is 1.43 bits per heavy atom. The number of nitrogens with zero attached hydrogens (tertiary/aromatic N) is 1. The lowest BCUT2D eigenvalue weighted by Gasteiger charge is -2.13. The maximum Gasteiger partial charge on any atom is 0.250 e. The number of carbonyl (C=O) groups excluding carboxylic acids is 1. The molecule has 1 aromatic carbocycles. The molecule has 1 amide bonds. The average Bonchev–Trinajstić information content (AvgIpc) is 3.06. The number of benzene rings is 1. The monoisotopic (exact) mass is 368 g/mol. The van der Waals surface area contributed by atoms with Crippen molar-refractivity contribution in [3.63, 3.8) is 0 Å². The SMILES string of the molecule is C#CCN1CC[C@H](NS(=O)(=O)c2cc3ccc(Cl)cc3s2)C1=O. The number of likely N-dealkylation sites (tertiary alicyclic amines) is 1. The molecule has 1 atom stereocenters. The Labute approximate surface area is 143 Å². The van der Waals surface area contributed by atoms with Crippen LogP contribution in [0, 0.1) is 12.3 Å². The quantitative estimate of drug-likeness (QED) is 0.840. The van der Waals surface area contributed by atoms with Gasteiger partial charge in [-0.05, 0) is 30.0 Å². The van der Waals surface area contributed by atoms with Gasteiger partial charge in [0.1, 0.15) is 10.3 Å². The highest BCUT2D eigenvalue weighted by Crippen LogP contribution is 2.31. The van der Waals surface area contributed by atoms with Crippen LogP contribution in [0.15, 0.2) is 28.5 Å². The molecule has 1 saturated heterocycles. The van der Waals surface area contributed by atoms with Crippen LogP contribution in [-0.2, 0) is 14.8 Å². The number of amides is 1. The van der Waals surface area contributed by atoms with Crippen molar-refractivity contribution in [2.75, 3.05) is 13.1 Å². The van der Waals surface area contributed by atoms with E-state index < -0.39 is 16.1 Å². The zero-order valence-electron chi connectivity index (χ0n) is 12.0. The van der Waals surface area contributed by atoms with Gasteiger partial charge in [-0.3, -0.25) is 4.79 Å². The molecule has 1 fully saturated rings. The second-order valence-electron chi connectivity index (χ2n) is 5.17. The molecule has 1 aliphatic heterocycles. The van der Waals surface area contributed by atoms with Gasteiger partial charge >= 0.3 is 0 Å². The number of thiophene rings is 1. The number of hydrogen-bond acceptors (Lipinski definition) is 4. The molecular weight excluding hydrogens is 356 g/mol. The summed E-state index contributed by atoms with van der Waals surface area (Å²) >= 11 is 7.04. The van der Waals surface area contributed by atoms with Crippen LogP contribution in [0.5, 0.6) is 0 Å². The summed E-state index contributed by atoms with van der Waals surface area (Å²) in [5.41, 5.74) is 0. The molecule has 0 saturated carbocycles. The number of rotatable bonds is 4. The molecule has 2 heterocycles. The highest BCUT2D eigenvalue weighted by atomic mass is 35.5. The Kier molecular flexibility index (Phi) is 4.34. The van der Waals surface area contributed by atoms with E-state index in [2.05, 4.69) is 10.6 Å². The largest absolute Gasteiger partial charge is 0.330 e. The van der Waals surface area contributed by atoms with E-state index in [1.807, 2.05) is 0 Å². The number of terminal acetylenes is 1. The van der Waals surface area contributed by atoms with Gasteiger partial charge in [0.2, 0.25) is 5.91 Å². The van der Waals surface area contributed by atoms with E-state index in [0.717, 1.165) is 21.4 Å². The van der Waals surface area contributed by atoms with Crippen molar-refractivity contribution in [1.29, 1.82) is 0 Å². The Morgan fingerprint density at radius 3 is 2.96 bits per heavy atom. The summed E-state index contributed by atoms with van der Waals surface area (Å²) in [6.07, 6.45) is 5.61. The fraction of sp³-hybridized carbons (Fsp3) is 0.267. The maximum atomic E-state index is 12.5. The first-order chi connectivity index (χ1) is 10.9. The molecule has 0 bridgehead atoms. The summed E-state index contributed by atoms with van der Waals surface area (Å²) < 4.78 is 28.4. The topological polar surface area (TPSA) is 66.5 Å². The normalized spacial score (nSPS) is 18.5. The van der Waals surface area contributed by atoms with Crippen molar-refractivity contribution in [2.45, 2.75) is 16.7 Å². The molecule has 0 aliphatic carbocycles. The second-order valence-corrected chi connectivity index (χ2v) is 8.64.